The Labute approximate surface area is 126 Å². The standard InChI is InChI=1S/C17H25N3O/c18-17(21)16(19-15-6-7-15)9-11-20-10-8-14(12-20)13-4-2-1-3-5-13/h1-5,14-16,19H,6-12H2,(H2,18,21). The van der Waals surface area contributed by atoms with Gasteiger partial charge in [-0.2, -0.15) is 0 Å². The van der Waals surface area contributed by atoms with E-state index < -0.39 is 0 Å². The Morgan fingerprint density at radius 3 is 2.71 bits per heavy atom. The van der Waals surface area contributed by atoms with Crippen LogP contribution in [0.2, 0.25) is 0 Å². The third-order valence-corrected chi connectivity index (χ3v) is 4.64. The quantitative estimate of drug-likeness (QED) is 0.798. The van der Waals surface area contributed by atoms with Gasteiger partial charge in [0, 0.05) is 19.1 Å². The topological polar surface area (TPSA) is 58.4 Å². The first-order chi connectivity index (χ1) is 10.2. The van der Waals surface area contributed by atoms with E-state index in [2.05, 4.69) is 40.5 Å². The molecule has 1 heterocycles. The van der Waals surface area contributed by atoms with E-state index in [0.29, 0.717) is 12.0 Å². The van der Waals surface area contributed by atoms with Gasteiger partial charge in [-0.3, -0.25) is 4.79 Å². The summed E-state index contributed by atoms with van der Waals surface area (Å²) in [7, 11) is 0. The fourth-order valence-electron chi connectivity index (χ4n) is 3.19. The zero-order chi connectivity index (χ0) is 14.7. The molecule has 1 aromatic rings. The highest BCUT2D eigenvalue weighted by molar-refractivity contribution is 5.79. The van der Waals surface area contributed by atoms with Crippen molar-refractivity contribution in [3.63, 3.8) is 0 Å². The largest absolute Gasteiger partial charge is 0.368 e. The molecule has 4 heteroatoms. The van der Waals surface area contributed by atoms with Crippen molar-refractivity contribution in [2.24, 2.45) is 5.73 Å². The summed E-state index contributed by atoms with van der Waals surface area (Å²) in [4.78, 5) is 14.0. The predicted octanol–water partition coefficient (Wildman–Crippen LogP) is 1.47. The molecule has 0 radical (unpaired) electrons. The molecule has 2 fully saturated rings. The number of likely N-dealkylation sites (tertiary alicyclic amines) is 1. The molecule has 1 saturated heterocycles. The lowest BCUT2D eigenvalue weighted by atomic mass is 9.99. The Balaban J connectivity index is 1.46. The number of nitrogens with one attached hydrogen (secondary N) is 1. The van der Waals surface area contributed by atoms with E-state index >= 15 is 0 Å². The van der Waals surface area contributed by atoms with Crippen LogP contribution >= 0.6 is 0 Å². The zero-order valence-electron chi connectivity index (χ0n) is 12.5. The van der Waals surface area contributed by atoms with Crippen molar-refractivity contribution in [1.82, 2.24) is 10.2 Å². The number of hydrogen-bond acceptors (Lipinski definition) is 3. The van der Waals surface area contributed by atoms with Crippen LogP contribution in [0.25, 0.3) is 0 Å². The molecule has 1 aromatic carbocycles. The smallest absolute Gasteiger partial charge is 0.234 e. The Morgan fingerprint density at radius 2 is 2.05 bits per heavy atom. The molecule has 114 valence electrons. The third kappa shape index (κ3) is 4.05. The SMILES string of the molecule is NC(=O)C(CCN1CCC(c2ccccc2)C1)NC1CC1. The van der Waals surface area contributed by atoms with Crippen LogP contribution in [0, 0.1) is 0 Å². The number of rotatable bonds is 7. The van der Waals surface area contributed by atoms with Gasteiger partial charge in [-0.1, -0.05) is 30.3 Å². The molecule has 0 aromatic heterocycles. The van der Waals surface area contributed by atoms with Crippen molar-refractivity contribution in [3.05, 3.63) is 35.9 Å². The molecule has 3 N–H and O–H groups in total. The number of carbonyl (C=O) groups excluding carboxylic acids is 1. The van der Waals surface area contributed by atoms with E-state index in [1.54, 1.807) is 0 Å². The minimum Gasteiger partial charge on any atom is -0.368 e. The number of benzene rings is 1. The van der Waals surface area contributed by atoms with Crippen LogP contribution < -0.4 is 11.1 Å². The van der Waals surface area contributed by atoms with E-state index in [-0.39, 0.29) is 11.9 Å². The molecule has 1 aliphatic heterocycles. The average Bonchev–Trinajstić information content (AvgIpc) is 3.19. The maximum Gasteiger partial charge on any atom is 0.234 e. The molecule has 3 rings (SSSR count). The lowest BCUT2D eigenvalue weighted by Gasteiger charge is -2.20. The number of nitrogens with two attached hydrogens (primary N) is 1. The normalized spacial score (nSPS) is 24.1. The summed E-state index contributed by atoms with van der Waals surface area (Å²) in [5.74, 6) is 0.426. The molecule has 2 aliphatic rings. The van der Waals surface area contributed by atoms with Crippen LogP contribution in [0.1, 0.15) is 37.2 Å². The number of carbonyl (C=O) groups is 1. The molecule has 0 spiro atoms. The maximum atomic E-state index is 11.5. The van der Waals surface area contributed by atoms with Crippen LogP contribution in [0.15, 0.2) is 30.3 Å². The highest BCUT2D eigenvalue weighted by Crippen LogP contribution is 2.27. The number of nitrogens with zero attached hydrogens (tertiary/aromatic N) is 1. The third-order valence-electron chi connectivity index (χ3n) is 4.64. The Kier molecular flexibility index (Phi) is 4.56. The highest BCUT2D eigenvalue weighted by Gasteiger charge is 2.29. The van der Waals surface area contributed by atoms with E-state index in [0.717, 1.165) is 26.1 Å². The van der Waals surface area contributed by atoms with Gasteiger partial charge >= 0.3 is 0 Å². The van der Waals surface area contributed by atoms with Crippen molar-refractivity contribution in [2.45, 2.75) is 43.7 Å². The van der Waals surface area contributed by atoms with Crippen molar-refractivity contribution >= 4 is 5.91 Å². The second-order valence-electron chi connectivity index (χ2n) is 6.38. The minimum atomic E-state index is -0.208. The van der Waals surface area contributed by atoms with Gasteiger partial charge in [0.05, 0.1) is 6.04 Å². The van der Waals surface area contributed by atoms with E-state index in [1.807, 2.05) is 0 Å². The molecular weight excluding hydrogens is 262 g/mol. The van der Waals surface area contributed by atoms with Crippen LogP contribution in [-0.4, -0.2) is 42.5 Å². The second kappa shape index (κ2) is 6.58. The molecule has 0 bridgehead atoms. The summed E-state index contributed by atoms with van der Waals surface area (Å²) in [5, 5.41) is 3.36. The molecule has 1 aliphatic carbocycles. The number of hydrogen-bond donors (Lipinski definition) is 2. The molecule has 1 saturated carbocycles. The number of amides is 1. The zero-order valence-corrected chi connectivity index (χ0v) is 12.5. The summed E-state index contributed by atoms with van der Waals surface area (Å²) < 4.78 is 0. The monoisotopic (exact) mass is 287 g/mol. The Morgan fingerprint density at radius 1 is 1.29 bits per heavy atom. The van der Waals surface area contributed by atoms with Gasteiger partial charge in [0.2, 0.25) is 5.91 Å². The van der Waals surface area contributed by atoms with Gasteiger partial charge in [-0.25, -0.2) is 0 Å². The van der Waals surface area contributed by atoms with Gasteiger partial charge in [0.1, 0.15) is 0 Å². The van der Waals surface area contributed by atoms with Crippen molar-refractivity contribution < 1.29 is 4.79 Å². The first-order valence-corrected chi connectivity index (χ1v) is 8.05. The molecule has 2 atom stereocenters. The molecular formula is C17H25N3O. The predicted molar refractivity (Wildman–Crippen MR) is 84.0 cm³/mol. The van der Waals surface area contributed by atoms with E-state index in [1.165, 1.54) is 24.8 Å². The average molecular weight is 287 g/mol. The minimum absolute atomic E-state index is 0.159. The number of primary amides is 1. The Hall–Kier alpha value is -1.39. The molecule has 4 nitrogen and oxygen atoms in total. The van der Waals surface area contributed by atoms with Gasteiger partial charge < -0.3 is 16.0 Å². The maximum absolute atomic E-state index is 11.5. The van der Waals surface area contributed by atoms with Crippen LogP contribution in [0.3, 0.4) is 0 Å². The first-order valence-electron chi connectivity index (χ1n) is 8.05. The summed E-state index contributed by atoms with van der Waals surface area (Å²) in [6, 6.07) is 11.1. The van der Waals surface area contributed by atoms with Gasteiger partial charge in [0.25, 0.3) is 0 Å². The van der Waals surface area contributed by atoms with Crippen molar-refractivity contribution in [2.75, 3.05) is 19.6 Å². The van der Waals surface area contributed by atoms with Crippen LogP contribution in [0.5, 0.6) is 0 Å². The van der Waals surface area contributed by atoms with E-state index in [4.69, 9.17) is 5.73 Å². The van der Waals surface area contributed by atoms with Crippen LogP contribution in [-0.2, 0) is 4.79 Å². The van der Waals surface area contributed by atoms with Gasteiger partial charge in [-0.15, -0.1) is 0 Å². The lowest BCUT2D eigenvalue weighted by molar-refractivity contribution is -0.120. The second-order valence-corrected chi connectivity index (χ2v) is 6.38. The summed E-state index contributed by atoms with van der Waals surface area (Å²) in [6.07, 6.45) is 4.40. The Bertz CT molecular complexity index is 472. The van der Waals surface area contributed by atoms with Gasteiger partial charge in [-0.05, 0) is 43.7 Å². The fraction of sp³-hybridized carbons (Fsp3) is 0.588. The molecule has 21 heavy (non-hydrogen) atoms. The van der Waals surface area contributed by atoms with E-state index in [9.17, 15) is 4.79 Å². The first kappa shape index (κ1) is 14.5. The summed E-state index contributed by atoms with van der Waals surface area (Å²) >= 11 is 0. The molecule has 1 amide bonds. The van der Waals surface area contributed by atoms with Gasteiger partial charge in [0.15, 0.2) is 0 Å². The fourth-order valence-corrected chi connectivity index (χ4v) is 3.19. The lowest BCUT2D eigenvalue weighted by Crippen LogP contribution is -2.44. The van der Waals surface area contributed by atoms with Crippen molar-refractivity contribution in [3.8, 4) is 0 Å². The molecule has 2 unspecified atom stereocenters. The highest BCUT2D eigenvalue weighted by atomic mass is 16.1. The summed E-state index contributed by atoms with van der Waals surface area (Å²) in [6.45, 7) is 3.17. The van der Waals surface area contributed by atoms with Crippen molar-refractivity contribution in [1.29, 1.82) is 0 Å². The summed E-state index contributed by atoms with van der Waals surface area (Å²) in [5.41, 5.74) is 6.93. The van der Waals surface area contributed by atoms with Crippen LogP contribution in [0.4, 0.5) is 0 Å².